The number of rotatable bonds is 3. The van der Waals surface area contributed by atoms with Crippen LogP contribution in [0.2, 0.25) is 0 Å². The second-order valence-corrected chi connectivity index (χ2v) is 5.94. The molecule has 0 spiro atoms. The minimum absolute atomic E-state index is 0.127. The first-order chi connectivity index (χ1) is 8.63. The van der Waals surface area contributed by atoms with Gasteiger partial charge < -0.3 is 10.1 Å². The second-order valence-electron chi connectivity index (χ2n) is 4.69. The molecule has 18 heavy (non-hydrogen) atoms. The third kappa shape index (κ3) is 2.71. The van der Waals surface area contributed by atoms with Crippen LogP contribution >= 0.6 is 11.8 Å². The van der Waals surface area contributed by atoms with Crippen LogP contribution in [0, 0.1) is 5.92 Å². The molecule has 2 atom stereocenters. The van der Waals surface area contributed by atoms with E-state index in [0.29, 0.717) is 17.4 Å². The number of fused-ring (bicyclic) bond motifs is 1. The number of carbonyl (C=O) groups excluding carboxylic acids is 2. The molecule has 1 aliphatic heterocycles. The molecular weight excluding hydrogens is 250 g/mol. The van der Waals surface area contributed by atoms with Gasteiger partial charge in [0.05, 0.1) is 17.2 Å². The van der Waals surface area contributed by atoms with E-state index in [4.69, 9.17) is 4.74 Å². The van der Waals surface area contributed by atoms with E-state index in [-0.39, 0.29) is 17.8 Å². The predicted molar refractivity (Wildman–Crippen MR) is 70.8 cm³/mol. The Kier molecular flexibility index (Phi) is 4.32. The standard InChI is InChI=1S/C13H19NO3S/c1-3-17-13(16)11-9-6-4-5-7-10(9)18-12(11)14-8(2)15/h9-10H,3-7H2,1-2H3,(H,14,15)/t9-,10+/m0/s1. The first-order valence-electron chi connectivity index (χ1n) is 6.49. The number of carbonyl (C=O) groups is 2. The Morgan fingerprint density at radius 1 is 1.39 bits per heavy atom. The minimum Gasteiger partial charge on any atom is -0.463 e. The van der Waals surface area contributed by atoms with E-state index in [2.05, 4.69) is 5.32 Å². The topological polar surface area (TPSA) is 55.4 Å². The van der Waals surface area contributed by atoms with Crippen LogP contribution in [0.25, 0.3) is 0 Å². The van der Waals surface area contributed by atoms with Gasteiger partial charge in [-0.05, 0) is 19.8 Å². The number of hydrogen-bond acceptors (Lipinski definition) is 4. The predicted octanol–water partition coefficient (Wildman–Crippen LogP) is 2.20. The average Bonchev–Trinajstić information content (AvgIpc) is 2.66. The van der Waals surface area contributed by atoms with Crippen molar-refractivity contribution in [1.82, 2.24) is 5.32 Å². The van der Waals surface area contributed by atoms with Crippen molar-refractivity contribution in [2.24, 2.45) is 5.92 Å². The highest BCUT2D eigenvalue weighted by atomic mass is 32.2. The van der Waals surface area contributed by atoms with Crippen LogP contribution in [0.5, 0.6) is 0 Å². The lowest BCUT2D eigenvalue weighted by Crippen LogP contribution is -2.25. The van der Waals surface area contributed by atoms with E-state index in [1.807, 2.05) is 0 Å². The molecule has 0 saturated heterocycles. The maximum Gasteiger partial charge on any atom is 0.336 e. The van der Waals surface area contributed by atoms with Crippen molar-refractivity contribution in [1.29, 1.82) is 0 Å². The van der Waals surface area contributed by atoms with Crippen molar-refractivity contribution in [3.8, 4) is 0 Å². The summed E-state index contributed by atoms with van der Waals surface area (Å²) in [6.07, 6.45) is 4.49. The first kappa shape index (κ1) is 13.5. The molecule has 0 bridgehead atoms. The third-order valence-electron chi connectivity index (χ3n) is 3.37. The molecular formula is C13H19NO3S. The minimum atomic E-state index is -0.261. The van der Waals surface area contributed by atoms with Crippen LogP contribution in [-0.4, -0.2) is 23.7 Å². The van der Waals surface area contributed by atoms with Gasteiger partial charge in [-0.2, -0.15) is 0 Å². The Morgan fingerprint density at radius 2 is 2.11 bits per heavy atom. The molecule has 1 saturated carbocycles. The third-order valence-corrected chi connectivity index (χ3v) is 4.80. The molecule has 2 rings (SSSR count). The maximum absolute atomic E-state index is 12.0. The molecule has 0 aromatic heterocycles. The Labute approximate surface area is 112 Å². The lowest BCUT2D eigenvalue weighted by Gasteiger charge is -2.25. The van der Waals surface area contributed by atoms with Crippen molar-refractivity contribution in [2.45, 2.75) is 44.8 Å². The van der Waals surface area contributed by atoms with E-state index in [9.17, 15) is 9.59 Å². The van der Waals surface area contributed by atoms with Crippen LogP contribution in [0.3, 0.4) is 0 Å². The highest BCUT2D eigenvalue weighted by molar-refractivity contribution is 8.04. The van der Waals surface area contributed by atoms with Crippen LogP contribution < -0.4 is 5.32 Å². The fraction of sp³-hybridized carbons (Fsp3) is 0.692. The summed E-state index contributed by atoms with van der Waals surface area (Å²) in [6, 6.07) is 0. The summed E-state index contributed by atoms with van der Waals surface area (Å²) in [5.74, 6) is -0.134. The number of amides is 1. The highest BCUT2D eigenvalue weighted by Crippen LogP contribution is 2.48. The molecule has 0 aromatic rings. The van der Waals surface area contributed by atoms with E-state index in [0.717, 1.165) is 24.3 Å². The van der Waals surface area contributed by atoms with E-state index in [1.165, 1.54) is 13.3 Å². The van der Waals surface area contributed by atoms with Gasteiger partial charge in [0.15, 0.2) is 0 Å². The molecule has 100 valence electrons. The normalized spacial score (nSPS) is 26.8. The number of nitrogens with one attached hydrogen (secondary N) is 1. The largest absolute Gasteiger partial charge is 0.463 e. The quantitative estimate of drug-likeness (QED) is 0.798. The molecule has 0 aromatic carbocycles. The molecule has 0 unspecified atom stereocenters. The Morgan fingerprint density at radius 3 is 2.78 bits per heavy atom. The summed E-state index contributed by atoms with van der Waals surface area (Å²) in [7, 11) is 0. The summed E-state index contributed by atoms with van der Waals surface area (Å²) in [5.41, 5.74) is 0.696. The average molecular weight is 269 g/mol. The van der Waals surface area contributed by atoms with Gasteiger partial charge in [0, 0.05) is 18.1 Å². The van der Waals surface area contributed by atoms with Gasteiger partial charge >= 0.3 is 5.97 Å². The lowest BCUT2D eigenvalue weighted by molar-refractivity contribution is -0.139. The van der Waals surface area contributed by atoms with Crippen molar-refractivity contribution < 1.29 is 14.3 Å². The molecule has 1 aliphatic carbocycles. The van der Waals surface area contributed by atoms with Crippen LogP contribution in [0.15, 0.2) is 10.6 Å². The van der Waals surface area contributed by atoms with E-state index in [1.54, 1.807) is 18.7 Å². The second kappa shape index (κ2) is 5.78. The summed E-state index contributed by atoms with van der Waals surface area (Å²) >= 11 is 1.63. The number of hydrogen-bond donors (Lipinski definition) is 1. The van der Waals surface area contributed by atoms with Gasteiger partial charge in [-0.15, -0.1) is 11.8 Å². The summed E-state index contributed by atoms with van der Waals surface area (Å²) < 4.78 is 5.13. The SMILES string of the molecule is CCOC(=O)C1=C(NC(C)=O)S[C@@H]2CCCC[C@H]12. The van der Waals surface area contributed by atoms with Crippen LogP contribution in [0.1, 0.15) is 39.5 Å². The zero-order chi connectivity index (χ0) is 13.1. The van der Waals surface area contributed by atoms with Crippen molar-refractivity contribution in [3.05, 3.63) is 10.6 Å². The van der Waals surface area contributed by atoms with E-state index < -0.39 is 0 Å². The highest BCUT2D eigenvalue weighted by Gasteiger charge is 2.41. The Balaban J connectivity index is 2.23. The Bertz CT molecular complexity index is 392. The number of thioether (sulfide) groups is 1. The summed E-state index contributed by atoms with van der Waals surface area (Å²) in [5, 5.41) is 3.94. The van der Waals surface area contributed by atoms with Crippen molar-refractivity contribution in [3.63, 3.8) is 0 Å². The molecule has 1 fully saturated rings. The monoisotopic (exact) mass is 269 g/mol. The maximum atomic E-state index is 12.0. The molecule has 1 amide bonds. The van der Waals surface area contributed by atoms with Gasteiger partial charge in [0.2, 0.25) is 5.91 Å². The van der Waals surface area contributed by atoms with Gasteiger partial charge in [0.25, 0.3) is 0 Å². The molecule has 0 radical (unpaired) electrons. The molecule has 2 aliphatic rings. The van der Waals surface area contributed by atoms with Gasteiger partial charge in [0.1, 0.15) is 0 Å². The number of esters is 1. The fourth-order valence-electron chi connectivity index (χ4n) is 2.66. The zero-order valence-electron chi connectivity index (χ0n) is 10.8. The van der Waals surface area contributed by atoms with Gasteiger partial charge in [-0.3, -0.25) is 4.79 Å². The molecule has 5 heteroatoms. The van der Waals surface area contributed by atoms with Crippen molar-refractivity contribution in [2.75, 3.05) is 6.61 Å². The van der Waals surface area contributed by atoms with Crippen LogP contribution in [-0.2, 0) is 14.3 Å². The van der Waals surface area contributed by atoms with Gasteiger partial charge in [-0.1, -0.05) is 12.8 Å². The zero-order valence-corrected chi connectivity index (χ0v) is 11.6. The molecule has 1 N–H and O–H groups in total. The summed E-state index contributed by atoms with van der Waals surface area (Å²) in [6.45, 7) is 3.65. The van der Waals surface area contributed by atoms with Crippen LogP contribution in [0.4, 0.5) is 0 Å². The van der Waals surface area contributed by atoms with E-state index >= 15 is 0 Å². The molecule has 1 heterocycles. The number of ether oxygens (including phenoxy) is 1. The smallest absolute Gasteiger partial charge is 0.336 e. The fourth-order valence-corrected chi connectivity index (χ4v) is 4.25. The van der Waals surface area contributed by atoms with Crippen molar-refractivity contribution >= 4 is 23.6 Å². The lowest BCUT2D eigenvalue weighted by atomic mass is 9.84. The first-order valence-corrected chi connectivity index (χ1v) is 7.37. The summed E-state index contributed by atoms with van der Waals surface area (Å²) in [4.78, 5) is 23.3. The molecule has 4 nitrogen and oxygen atoms in total. The Hall–Kier alpha value is -0.970. The van der Waals surface area contributed by atoms with Gasteiger partial charge in [-0.25, -0.2) is 4.79 Å².